The minimum atomic E-state index is -4.54. The SMILES string of the molecule is CNC1CCC(N(C)S(=O)(=O)NCC(F)(F)F)CC1. The van der Waals surface area contributed by atoms with Crippen LogP contribution in [-0.2, 0) is 10.2 Å². The predicted molar refractivity (Wildman–Crippen MR) is 65.8 cm³/mol. The third-order valence-corrected chi connectivity index (χ3v) is 5.02. The molecule has 0 aromatic rings. The molecule has 0 spiro atoms. The van der Waals surface area contributed by atoms with Crippen LogP contribution in [0.4, 0.5) is 13.2 Å². The molecule has 1 rings (SSSR count). The molecule has 114 valence electrons. The van der Waals surface area contributed by atoms with Crippen LogP contribution in [0.15, 0.2) is 0 Å². The lowest BCUT2D eigenvalue weighted by atomic mass is 9.91. The van der Waals surface area contributed by atoms with E-state index in [1.807, 2.05) is 7.05 Å². The molecule has 0 heterocycles. The number of nitrogens with one attached hydrogen (secondary N) is 2. The minimum Gasteiger partial charge on any atom is -0.317 e. The second kappa shape index (κ2) is 6.38. The van der Waals surface area contributed by atoms with E-state index in [0.717, 1.165) is 17.1 Å². The summed E-state index contributed by atoms with van der Waals surface area (Å²) in [4.78, 5) is 0. The van der Waals surface area contributed by atoms with Crippen molar-refractivity contribution in [3.63, 3.8) is 0 Å². The summed E-state index contributed by atoms with van der Waals surface area (Å²) in [7, 11) is -0.908. The Labute approximate surface area is 111 Å². The van der Waals surface area contributed by atoms with Crippen molar-refractivity contribution in [2.75, 3.05) is 20.6 Å². The van der Waals surface area contributed by atoms with Gasteiger partial charge < -0.3 is 5.32 Å². The molecule has 9 heteroatoms. The number of alkyl halides is 3. The number of hydrogen-bond donors (Lipinski definition) is 2. The van der Waals surface area contributed by atoms with Gasteiger partial charge in [-0.15, -0.1) is 0 Å². The molecule has 1 aliphatic carbocycles. The molecule has 0 bridgehead atoms. The lowest BCUT2D eigenvalue weighted by molar-refractivity contribution is -0.121. The van der Waals surface area contributed by atoms with Gasteiger partial charge in [-0.1, -0.05) is 0 Å². The number of rotatable bonds is 5. The van der Waals surface area contributed by atoms with Crippen molar-refractivity contribution in [1.29, 1.82) is 0 Å². The highest BCUT2D eigenvalue weighted by Gasteiger charge is 2.34. The molecular formula is C10H20F3N3O2S. The van der Waals surface area contributed by atoms with E-state index in [2.05, 4.69) is 5.32 Å². The second-order valence-electron chi connectivity index (χ2n) is 4.75. The van der Waals surface area contributed by atoms with Gasteiger partial charge in [-0.05, 0) is 32.7 Å². The maximum Gasteiger partial charge on any atom is 0.402 e. The molecule has 0 aliphatic heterocycles. The van der Waals surface area contributed by atoms with Gasteiger partial charge in [0.1, 0.15) is 6.54 Å². The second-order valence-corrected chi connectivity index (χ2v) is 6.57. The van der Waals surface area contributed by atoms with Gasteiger partial charge in [-0.3, -0.25) is 0 Å². The lowest BCUT2D eigenvalue weighted by Gasteiger charge is -2.33. The average Bonchev–Trinajstić information content (AvgIpc) is 2.35. The molecular weight excluding hydrogens is 283 g/mol. The number of halogens is 3. The molecule has 1 aliphatic rings. The van der Waals surface area contributed by atoms with Crippen molar-refractivity contribution in [2.24, 2.45) is 0 Å². The Balaban J connectivity index is 2.54. The van der Waals surface area contributed by atoms with Crippen LogP contribution in [0, 0.1) is 0 Å². The molecule has 0 atom stereocenters. The van der Waals surface area contributed by atoms with Crippen molar-refractivity contribution >= 4 is 10.2 Å². The molecule has 0 saturated heterocycles. The summed E-state index contributed by atoms with van der Waals surface area (Å²) < 4.78 is 62.2. The molecule has 19 heavy (non-hydrogen) atoms. The van der Waals surface area contributed by atoms with Crippen molar-refractivity contribution in [3.8, 4) is 0 Å². The van der Waals surface area contributed by atoms with Crippen LogP contribution in [0.2, 0.25) is 0 Å². The molecule has 0 aromatic heterocycles. The van der Waals surface area contributed by atoms with Gasteiger partial charge in [0, 0.05) is 19.1 Å². The highest BCUT2D eigenvalue weighted by Crippen LogP contribution is 2.24. The first-order valence-corrected chi connectivity index (χ1v) is 7.56. The third kappa shape index (κ3) is 5.25. The normalized spacial score (nSPS) is 25.8. The standard InChI is InChI=1S/C10H20F3N3O2S/c1-14-8-3-5-9(6-4-8)16(2)19(17,18)15-7-10(11,12)13/h8-9,14-15H,3-7H2,1-2H3. The molecule has 1 fully saturated rings. The summed E-state index contributed by atoms with van der Waals surface area (Å²) in [5, 5.41) is 3.11. The first kappa shape index (κ1) is 16.7. The van der Waals surface area contributed by atoms with Gasteiger partial charge >= 0.3 is 6.18 Å². The fourth-order valence-corrected chi connectivity index (χ4v) is 3.35. The largest absolute Gasteiger partial charge is 0.402 e. The van der Waals surface area contributed by atoms with Gasteiger partial charge in [0.25, 0.3) is 10.2 Å². The predicted octanol–water partition coefficient (Wildman–Crippen LogP) is 0.845. The Hall–Kier alpha value is -0.380. The topological polar surface area (TPSA) is 61.4 Å². The molecule has 0 unspecified atom stereocenters. The quantitative estimate of drug-likeness (QED) is 0.791. The van der Waals surface area contributed by atoms with Crippen molar-refractivity contribution in [1.82, 2.24) is 14.3 Å². The maximum atomic E-state index is 12.0. The molecule has 0 amide bonds. The van der Waals surface area contributed by atoms with Crippen molar-refractivity contribution in [3.05, 3.63) is 0 Å². The zero-order valence-electron chi connectivity index (χ0n) is 11.0. The zero-order chi connectivity index (χ0) is 14.7. The molecule has 0 radical (unpaired) electrons. The summed E-state index contributed by atoms with van der Waals surface area (Å²) in [5.74, 6) is 0. The average molecular weight is 303 g/mol. The Morgan fingerprint density at radius 2 is 1.74 bits per heavy atom. The van der Waals surface area contributed by atoms with Crippen LogP contribution in [0.25, 0.3) is 0 Å². The Morgan fingerprint density at radius 1 is 1.21 bits per heavy atom. The monoisotopic (exact) mass is 303 g/mol. The van der Waals surface area contributed by atoms with E-state index in [4.69, 9.17) is 0 Å². The van der Waals surface area contributed by atoms with Gasteiger partial charge in [-0.25, -0.2) is 0 Å². The Kier molecular flexibility index (Phi) is 5.60. The van der Waals surface area contributed by atoms with Crippen LogP contribution >= 0.6 is 0 Å². The molecule has 2 N–H and O–H groups in total. The number of hydrogen-bond acceptors (Lipinski definition) is 3. The van der Waals surface area contributed by atoms with Gasteiger partial charge in [0.15, 0.2) is 0 Å². The van der Waals surface area contributed by atoms with Crippen LogP contribution in [0.3, 0.4) is 0 Å². The Bertz CT molecular complexity index is 378. The van der Waals surface area contributed by atoms with E-state index < -0.39 is 22.9 Å². The molecule has 5 nitrogen and oxygen atoms in total. The van der Waals surface area contributed by atoms with Gasteiger partial charge in [0.05, 0.1) is 0 Å². The van der Waals surface area contributed by atoms with Crippen LogP contribution in [-0.4, -0.2) is 51.6 Å². The van der Waals surface area contributed by atoms with E-state index in [9.17, 15) is 21.6 Å². The van der Waals surface area contributed by atoms with E-state index in [1.54, 1.807) is 4.72 Å². The summed E-state index contributed by atoms with van der Waals surface area (Å²) in [6.07, 6.45) is -1.61. The fraction of sp³-hybridized carbons (Fsp3) is 1.00. The lowest BCUT2D eigenvalue weighted by Crippen LogP contribution is -2.48. The maximum absolute atomic E-state index is 12.0. The minimum absolute atomic E-state index is 0.240. The van der Waals surface area contributed by atoms with Crippen molar-refractivity contribution < 1.29 is 21.6 Å². The first-order chi connectivity index (χ1) is 8.65. The summed E-state index contributed by atoms with van der Waals surface area (Å²) in [6, 6.07) is 0.117. The van der Waals surface area contributed by atoms with Gasteiger partial charge in [0.2, 0.25) is 0 Å². The fourth-order valence-electron chi connectivity index (χ4n) is 2.20. The van der Waals surface area contributed by atoms with E-state index in [1.165, 1.54) is 7.05 Å². The third-order valence-electron chi connectivity index (χ3n) is 3.45. The molecule has 1 saturated carbocycles. The summed E-state index contributed by atoms with van der Waals surface area (Å²) in [5.41, 5.74) is 0. The summed E-state index contributed by atoms with van der Waals surface area (Å²) in [6.45, 7) is -1.54. The van der Waals surface area contributed by atoms with E-state index >= 15 is 0 Å². The van der Waals surface area contributed by atoms with Crippen LogP contribution in [0.1, 0.15) is 25.7 Å². The highest BCUT2D eigenvalue weighted by molar-refractivity contribution is 7.87. The first-order valence-electron chi connectivity index (χ1n) is 6.12. The van der Waals surface area contributed by atoms with Crippen LogP contribution < -0.4 is 10.0 Å². The smallest absolute Gasteiger partial charge is 0.317 e. The molecule has 0 aromatic carbocycles. The van der Waals surface area contributed by atoms with Crippen LogP contribution in [0.5, 0.6) is 0 Å². The van der Waals surface area contributed by atoms with E-state index in [0.29, 0.717) is 18.9 Å². The zero-order valence-corrected chi connectivity index (χ0v) is 11.8. The van der Waals surface area contributed by atoms with Gasteiger partial charge in [-0.2, -0.15) is 30.6 Å². The summed E-state index contributed by atoms with van der Waals surface area (Å²) >= 11 is 0. The number of nitrogens with zero attached hydrogens (tertiary/aromatic N) is 1. The van der Waals surface area contributed by atoms with E-state index in [-0.39, 0.29) is 6.04 Å². The Morgan fingerprint density at radius 3 is 2.16 bits per heavy atom. The highest BCUT2D eigenvalue weighted by atomic mass is 32.2. The van der Waals surface area contributed by atoms with Crippen molar-refractivity contribution in [2.45, 2.75) is 43.9 Å².